The molecule has 0 radical (unpaired) electrons. The van der Waals surface area contributed by atoms with Gasteiger partial charge in [0.05, 0.1) is 0 Å². The van der Waals surface area contributed by atoms with Gasteiger partial charge in [-0.05, 0) is 117 Å². The van der Waals surface area contributed by atoms with E-state index in [1.54, 1.807) is 0 Å². The van der Waals surface area contributed by atoms with Crippen LogP contribution in [0, 0.1) is 52.3 Å². The number of hydrogen-bond donors (Lipinski definition) is 1. The summed E-state index contributed by atoms with van der Waals surface area (Å²) in [4.78, 5) is 12.2. The van der Waals surface area contributed by atoms with Crippen LogP contribution in [0.4, 0.5) is 0 Å². The van der Waals surface area contributed by atoms with Crippen molar-refractivity contribution in [3.63, 3.8) is 0 Å². The first-order chi connectivity index (χ1) is 15.6. The van der Waals surface area contributed by atoms with E-state index in [0.717, 1.165) is 47.8 Å². The Bertz CT molecular complexity index is 726. The van der Waals surface area contributed by atoms with Crippen LogP contribution in [-0.4, -0.2) is 11.9 Å². The van der Waals surface area contributed by atoms with Crippen molar-refractivity contribution in [3.8, 4) is 0 Å². The van der Waals surface area contributed by atoms with Gasteiger partial charge < -0.3 is 5.32 Å². The molecule has 0 heterocycles. The fourth-order valence-electron chi connectivity index (χ4n) is 9.72. The predicted molar refractivity (Wildman–Crippen MR) is 140 cm³/mol. The summed E-state index contributed by atoms with van der Waals surface area (Å²) in [6.45, 7) is 18.4. The van der Waals surface area contributed by atoms with Crippen molar-refractivity contribution >= 4 is 5.91 Å². The van der Waals surface area contributed by atoms with Gasteiger partial charge in [0.2, 0.25) is 5.91 Å². The fourth-order valence-corrected chi connectivity index (χ4v) is 9.72. The maximum absolute atomic E-state index is 12.2. The van der Waals surface area contributed by atoms with E-state index in [-0.39, 0.29) is 5.91 Å². The van der Waals surface area contributed by atoms with E-state index in [2.05, 4.69) is 46.5 Å². The zero-order valence-corrected chi connectivity index (χ0v) is 22.7. The molecule has 0 aromatic rings. The summed E-state index contributed by atoms with van der Waals surface area (Å²) in [7, 11) is 0. The van der Waals surface area contributed by atoms with Gasteiger partial charge in [-0.3, -0.25) is 4.79 Å². The molecule has 4 rings (SSSR count). The Morgan fingerprint density at radius 2 is 1.64 bits per heavy atom. The van der Waals surface area contributed by atoms with Crippen molar-refractivity contribution in [2.75, 3.05) is 0 Å². The van der Waals surface area contributed by atoms with Crippen molar-refractivity contribution in [1.29, 1.82) is 0 Å². The number of amides is 1. The Kier molecular flexibility index (Phi) is 7.43. The Balaban J connectivity index is 1.41. The van der Waals surface area contributed by atoms with Crippen LogP contribution < -0.4 is 5.32 Å². The van der Waals surface area contributed by atoms with Crippen LogP contribution in [0.2, 0.25) is 0 Å². The number of fused-ring (bicyclic) bond motifs is 5. The normalized spacial score (nSPS) is 43.4. The number of carbonyl (C=O) groups excluding carboxylic acids is 1. The zero-order chi connectivity index (χ0) is 24.0. The first-order valence-electron chi connectivity index (χ1n) is 14.5. The first kappa shape index (κ1) is 25.3. The molecular weight excluding hydrogens is 402 g/mol. The van der Waals surface area contributed by atoms with Crippen LogP contribution in [0.15, 0.2) is 12.2 Å². The summed E-state index contributed by atoms with van der Waals surface area (Å²) in [6, 6.07) is 0.361. The van der Waals surface area contributed by atoms with Crippen LogP contribution in [0.1, 0.15) is 119 Å². The smallest absolute Gasteiger partial charge is 0.246 e. The molecule has 1 amide bonds. The minimum Gasteiger partial charge on any atom is -0.350 e. The van der Waals surface area contributed by atoms with E-state index >= 15 is 0 Å². The van der Waals surface area contributed by atoms with E-state index in [1.165, 1.54) is 70.6 Å². The highest BCUT2D eigenvalue weighted by Gasteiger charge is 2.60. The zero-order valence-electron chi connectivity index (χ0n) is 22.7. The van der Waals surface area contributed by atoms with E-state index in [9.17, 15) is 4.79 Å². The van der Waals surface area contributed by atoms with Crippen LogP contribution in [0.5, 0.6) is 0 Å². The summed E-state index contributed by atoms with van der Waals surface area (Å²) >= 11 is 0. The number of carbonyl (C=O) groups is 1. The first-order valence-corrected chi connectivity index (χ1v) is 14.5. The van der Waals surface area contributed by atoms with Gasteiger partial charge in [0.15, 0.2) is 0 Å². The fraction of sp³-hybridized carbons (Fsp3) is 0.903. The molecule has 0 aromatic carbocycles. The standard InChI is InChI=1S/C31H53NO/c1-20(2)9-8-10-22(5)26-13-14-27-25-12-11-23-19-24(32-29(33)21(3)4)15-17-30(23,6)28(25)16-18-31(26,27)7/h20,22-28H,3,8-19H2,1-2,4-7H3,(H,32,33)/t22-,23+,24+,25+,26?,27+,28+,30+,31-/m1/s1. The minimum absolute atomic E-state index is 0.0604. The van der Waals surface area contributed by atoms with E-state index in [0.29, 0.717) is 22.4 Å². The lowest BCUT2D eigenvalue weighted by molar-refractivity contribution is -0.125. The van der Waals surface area contributed by atoms with Crippen LogP contribution in [0.25, 0.3) is 0 Å². The second-order valence-electron chi connectivity index (χ2n) is 13.9. The predicted octanol–water partition coefficient (Wildman–Crippen LogP) is 8.17. The molecule has 4 fully saturated rings. The molecule has 0 spiro atoms. The second-order valence-corrected chi connectivity index (χ2v) is 13.9. The lowest BCUT2D eigenvalue weighted by Gasteiger charge is -2.61. The van der Waals surface area contributed by atoms with E-state index in [4.69, 9.17) is 0 Å². The molecule has 4 aliphatic rings. The molecule has 2 nitrogen and oxygen atoms in total. The molecule has 4 aliphatic carbocycles. The topological polar surface area (TPSA) is 29.1 Å². The molecule has 4 saturated carbocycles. The Hall–Kier alpha value is -0.790. The lowest BCUT2D eigenvalue weighted by atomic mass is 9.44. The Morgan fingerprint density at radius 3 is 2.33 bits per heavy atom. The van der Waals surface area contributed by atoms with Gasteiger partial charge in [-0.15, -0.1) is 0 Å². The highest BCUT2D eigenvalue weighted by molar-refractivity contribution is 5.92. The molecule has 0 aliphatic heterocycles. The van der Waals surface area contributed by atoms with Crippen molar-refractivity contribution in [2.24, 2.45) is 52.3 Å². The van der Waals surface area contributed by atoms with Crippen molar-refractivity contribution in [2.45, 2.75) is 125 Å². The van der Waals surface area contributed by atoms with Crippen molar-refractivity contribution in [1.82, 2.24) is 5.32 Å². The molecule has 0 aromatic heterocycles. The van der Waals surface area contributed by atoms with Crippen molar-refractivity contribution < 1.29 is 4.79 Å². The molecule has 2 heteroatoms. The van der Waals surface area contributed by atoms with E-state index in [1.807, 2.05) is 6.92 Å². The highest BCUT2D eigenvalue weighted by Crippen LogP contribution is 2.68. The van der Waals surface area contributed by atoms with Gasteiger partial charge in [-0.25, -0.2) is 0 Å². The van der Waals surface area contributed by atoms with Crippen molar-refractivity contribution in [3.05, 3.63) is 12.2 Å². The SMILES string of the molecule is C=C(C)C(=O)N[C@H]1CC[C@@]2(C)[C@@H](CC[C@@H]3[C@@H]2CC[C@]2(C)C([C@H](C)CCCC(C)C)CC[C@@H]32)C1. The summed E-state index contributed by atoms with van der Waals surface area (Å²) < 4.78 is 0. The maximum atomic E-state index is 12.2. The van der Waals surface area contributed by atoms with E-state index < -0.39 is 0 Å². The molecule has 188 valence electrons. The summed E-state index contributed by atoms with van der Waals surface area (Å²) in [6.07, 6.45) is 16.7. The average Bonchev–Trinajstić information content (AvgIpc) is 3.11. The number of hydrogen-bond acceptors (Lipinski definition) is 1. The molecule has 33 heavy (non-hydrogen) atoms. The summed E-state index contributed by atoms with van der Waals surface area (Å²) in [5.74, 6) is 6.39. The van der Waals surface area contributed by atoms with Gasteiger partial charge in [-0.2, -0.15) is 0 Å². The molecular formula is C31H53NO. The third kappa shape index (κ3) is 4.71. The molecule has 0 bridgehead atoms. The Morgan fingerprint density at radius 1 is 0.939 bits per heavy atom. The van der Waals surface area contributed by atoms with Gasteiger partial charge in [0.1, 0.15) is 0 Å². The quantitative estimate of drug-likeness (QED) is 0.385. The van der Waals surface area contributed by atoms with Gasteiger partial charge in [-0.1, -0.05) is 60.5 Å². The molecule has 1 N–H and O–H groups in total. The lowest BCUT2D eigenvalue weighted by Crippen LogP contribution is -2.55. The van der Waals surface area contributed by atoms with Crippen LogP contribution in [0.3, 0.4) is 0 Å². The molecule has 0 saturated heterocycles. The monoisotopic (exact) mass is 455 g/mol. The Labute approximate surface area is 205 Å². The average molecular weight is 456 g/mol. The third-order valence-corrected chi connectivity index (χ3v) is 11.6. The van der Waals surface area contributed by atoms with Crippen LogP contribution in [-0.2, 0) is 4.79 Å². The third-order valence-electron chi connectivity index (χ3n) is 11.6. The summed E-state index contributed by atoms with van der Waals surface area (Å²) in [5, 5.41) is 3.29. The number of nitrogens with one attached hydrogen (secondary N) is 1. The number of rotatable bonds is 7. The van der Waals surface area contributed by atoms with Gasteiger partial charge in [0.25, 0.3) is 0 Å². The summed E-state index contributed by atoms with van der Waals surface area (Å²) in [5.41, 5.74) is 1.73. The minimum atomic E-state index is 0.0604. The van der Waals surface area contributed by atoms with Gasteiger partial charge in [0, 0.05) is 11.6 Å². The second kappa shape index (κ2) is 9.69. The highest BCUT2D eigenvalue weighted by atomic mass is 16.1. The maximum Gasteiger partial charge on any atom is 0.246 e. The largest absolute Gasteiger partial charge is 0.350 e. The van der Waals surface area contributed by atoms with Crippen LogP contribution >= 0.6 is 0 Å². The van der Waals surface area contributed by atoms with Gasteiger partial charge >= 0.3 is 0 Å². The molecule has 9 atom stereocenters. The molecule has 1 unspecified atom stereocenters.